The van der Waals surface area contributed by atoms with E-state index in [-0.39, 0.29) is 23.7 Å². The number of benzene rings is 2. The van der Waals surface area contributed by atoms with Crippen LogP contribution in [0.3, 0.4) is 0 Å². The van der Waals surface area contributed by atoms with E-state index in [1.165, 1.54) is 30.0 Å². The lowest BCUT2D eigenvalue weighted by molar-refractivity contribution is -0.137. The minimum Gasteiger partial charge on any atom is -0.490 e. The van der Waals surface area contributed by atoms with Crippen LogP contribution in [0.2, 0.25) is 5.02 Å². The van der Waals surface area contributed by atoms with E-state index < -0.39 is 22.3 Å². The first-order chi connectivity index (χ1) is 13.8. The van der Waals surface area contributed by atoms with Crippen molar-refractivity contribution >= 4 is 11.6 Å². The Labute approximate surface area is 168 Å². The first kappa shape index (κ1) is 20.4. The van der Waals surface area contributed by atoms with Crippen LogP contribution >= 0.6 is 11.6 Å². The van der Waals surface area contributed by atoms with Crippen molar-refractivity contribution in [2.75, 3.05) is 7.11 Å². The second-order valence-corrected chi connectivity index (χ2v) is 6.38. The van der Waals surface area contributed by atoms with Gasteiger partial charge < -0.3 is 9.30 Å². The monoisotopic (exact) mass is 419 g/mol. The lowest BCUT2D eigenvalue weighted by Gasteiger charge is -2.17. The zero-order valence-corrected chi connectivity index (χ0v) is 15.8. The van der Waals surface area contributed by atoms with E-state index in [9.17, 15) is 23.2 Å². The summed E-state index contributed by atoms with van der Waals surface area (Å²) in [5.74, 6) is -0.161. The van der Waals surface area contributed by atoms with Gasteiger partial charge in [0.1, 0.15) is 5.82 Å². The second-order valence-electron chi connectivity index (χ2n) is 6.00. The number of halogens is 4. The average molecular weight is 420 g/mol. The second kappa shape index (κ2) is 7.97. The highest BCUT2D eigenvalue weighted by atomic mass is 35.5. The van der Waals surface area contributed by atoms with Gasteiger partial charge in [-0.2, -0.15) is 23.4 Å². The molecule has 2 aromatic carbocycles. The zero-order valence-electron chi connectivity index (χ0n) is 15.0. The van der Waals surface area contributed by atoms with E-state index >= 15 is 0 Å². The molecule has 0 N–H and O–H groups in total. The molecule has 1 heterocycles. The number of methoxy groups -OCH3 is 1. The molecule has 0 aliphatic heterocycles. The molecule has 3 rings (SSSR count). The third kappa shape index (κ3) is 4.10. The van der Waals surface area contributed by atoms with Gasteiger partial charge in [-0.1, -0.05) is 35.9 Å². The maximum absolute atomic E-state index is 13.3. The van der Waals surface area contributed by atoms with E-state index in [0.717, 1.165) is 6.07 Å². The quantitative estimate of drug-likeness (QED) is 0.624. The van der Waals surface area contributed by atoms with Crippen molar-refractivity contribution in [2.24, 2.45) is 0 Å². The Morgan fingerprint density at radius 2 is 1.93 bits per heavy atom. The maximum atomic E-state index is 13.3. The summed E-state index contributed by atoms with van der Waals surface area (Å²) in [6.07, 6.45) is -3.34. The van der Waals surface area contributed by atoms with Gasteiger partial charge in [0.25, 0.3) is 0 Å². The maximum Gasteiger partial charge on any atom is 0.417 e. The molecule has 5 nitrogen and oxygen atoms in total. The minimum absolute atomic E-state index is 0.0596. The van der Waals surface area contributed by atoms with Crippen LogP contribution in [-0.4, -0.2) is 16.7 Å². The van der Waals surface area contributed by atoms with Crippen molar-refractivity contribution < 1.29 is 17.9 Å². The third-order valence-electron chi connectivity index (χ3n) is 4.21. The van der Waals surface area contributed by atoms with E-state index in [0.29, 0.717) is 11.1 Å². The Hall–Kier alpha value is -3.31. The Kier molecular flexibility index (Phi) is 5.62. The van der Waals surface area contributed by atoms with E-state index in [4.69, 9.17) is 16.3 Å². The Balaban J connectivity index is 2.24. The van der Waals surface area contributed by atoms with Gasteiger partial charge in [-0.15, -0.1) is 0 Å². The first-order valence-electron chi connectivity index (χ1n) is 8.25. The predicted octanol–water partition coefficient (Wildman–Crippen LogP) is 4.51. The lowest BCUT2D eigenvalue weighted by Crippen LogP contribution is -2.18. The third-order valence-corrected chi connectivity index (χ3v) is 4.61. The molecule has 0 bridgehead atoms. The number of hydrogen-bond donors (Lipinski definition) is 0. The number of nitrogens with zero attached hydrogens (tertiary/aromatic N) is 3. The average Bonchev–Trinajstić information content (AvgIpc) is 2.68. The normalized spacial score (nSPS) is 11.2. The predicted molar refractivity (Wildman–Crippen MR) is 101 cm³/mol. The van der Waals surface area contributed by atoms with Gasteiger partial charge in [-0.05, 0) is 23.8 Å². The summed E-state index contributed by atoms with van der Waals surface area (Å²) in [7, 11) is 1.28. The van der Waals surface area contributed by atoms with Crippen molar-refractivity contribution in [2.45, 2.75) is 12.7 Å². The molecular weight excluding hydrogens is 407 g/mol. The fraction of sp³-hybridized carbons (Fsp3) is 0.150. The highest BCUT2D eigenvalue weighted by molar-refractivity contribution is 6.34. The molecule has 0 aliphatic carbocycles. The molecule has 0 saturated carbocycles. The molecule has 1 aromatic heterocycles. The van der Waals surface area contributed by atoms with Crippen LogP contribution in [-0.2, 0) is 12.7 Å². The van der Waals surface area contributed by atoms with Crippen LogP contribution in [0.4, 0.5) is 13.2 Å². The Morgan fingerprint density at radius 3 is 2.59 bits per heavy atom. The molecular formula is C20H13ClF3N3O2. The summed E-state index contributed by atoms with van der Waals surface area (Å²) in [5.41, 5.74) is -0.875. The molecule has 148 valence electrons. The fourth-order valence-electron chi connectivity index (χ4n) is 2.82. The largest absolute Gasteiger partial charge is 0.490 e. The smallest absolute Gasteiger partial charge is 0.417 e. The number of rotatable bonds is 4. The van der Waals surface area contributed by atoms with E-state index in [2.05, 4.69) is 11.1 Å². The molecule has 0 atom stereocenters. The van der Waals surface area contributed by atoms with Crippen LogP contribution in [0, 0.1) is 11.3 Å². The van der Waals surface area contributed by atoms with Crippen LogP contribution in [0.5, 0.6) is 5.75 Å². The number of hydrogen-bond acceptors (Lipinski definition) is 4. The molecule has 0 unspecified atom stereocenters. The van der Waals surface area contributed by atoms with Gasteiger partial charge in [0, 0.05) is 5.56 Å². The van der Waals surface area contributed by atoms with Crippen LogP contribution < -0.4 is 10.3 Å². The molecule has 3 aromatic rings. The van der Waals surface area contributed by atoms with Gasteiger partial charge in [-0.3, -0.25) is 4.79 Å². The standard InChI is InChI=1S/C20H13ClF3N3O2/c1-29-16-11-27(10-13-6-3-2-5-12(13)9-25)18(26-19(16)28)14-7-4-8-15(17(14)21)20(22,23)24/h2-8,11H,10H2,1H3. The highest BCUT2D eigenvalue weighted by Crippen LogP contribution is 2.39. The van der Waals surface area contributed by atoms with Crippen LogP contribution in [0.25, 0.3) is 11.4 Å². The molecule has 0 aliphatic rings. The molecule has 0 amide bonds. The number of ether oxygens (including phenoxy) is 1. The van der Waals surface area contributed by atoms with Gasteiger partial charge >= 0.3 is 11.7 Å². The molecule has 0 radical (unpaired) electrons. The Bertz CT molecular complexity index is 1170. The Morgan fingerprint density at radius 1 is 1.21 bits per heavy atom. The highest BCUT2D eigenvalue weighted by Gasteiger charge is 2.34. The molecule has 9 heteroatoms. The number of aromatic nitrogens is 2. The lowest BCUT2D eigenvalue weighted by atomic mass is 10.1. The van der Waals surface area contributed by atoms with Gasteiger partial charge in [0.05, 0.1) is 42.1 Å². The van der Waals surface area contributed by atoms with Crippen LogP contribution in [0.1, 0.15) is 16.7 Å². The summed E-state index contributed by atoms with van der Waals surface area (Å²) in [6.45, 7) is 0.0648. The summed E-state index contributed by atoms with van der Waals surface area (Å²) in [5, 5.41) is 8.73. The first-order valence-corrected chi connectivity index (χ1v) is 8.63. The summed E-state index contributed by atoms with van der Waals surface area (Å²) >= 11 is 6.03. The van der Waals surface area contributed by atoms with Crippen molar-refractivity contribution in [3.05, 3.63) is 80.7 Å². The van der Waals surface area contributed by atoms with E-state index in [1.807, 2.05) is 0 Å². The fourth-order valence-corrected chi connectivity index (χ4v) is 3.14. The van der Waals surface area contributed by atoms with Gasteiger partial charge in [0.15, 0.2) is 0 Å². The summed E-state index contributed by atoms with van der Waals surface area (Å²) in [6, 6.07) is 12.2. The van der Waals surface area contributed by atoms with Crippen molar-refractivity contribution in [1.82, 2.24) is 9.55 Å². The summed E-state index contributed by atoms with van der Waals surface area (Å²) in [4.78, 5) is 16.1. The molecule has 0 spiro atoms. The van der Waals surface area contributed by atoms with Crippen molar-refractivity contribution in [3.8, 4) is 23.2 Å². The SMILES string of the molecule is COc1cn(Cc2ccccc2C#N)c(-c2cccc(C(F)(F)F)c2Cl)nc1=O. The van der Waals surface area contributed by atoms with Crippen LogP contribution in [0.15, 0.2) is 53.5 Å². The minimum atomic E-state index is -4.67. The number of nitriles is 1. The van der Waals surface area contributed by atoms with Crippen molar-refractivity contribution in [1.29, 1.82) is 5.26 Å². The van der Waals surface area contributed by atoms with E-state index in [1.54, 1.807) is 24.3 Å². The zero-order chi connectivity index (χ0) is 21.2. The molecule has 0 saturated heterocycles. The number of alkyl halides is 3. The summed E-state index contributed by atoms with van der Waals surface area (Å²) < 4.78 is 46.2. The molecule has 29 heavy (non-hydrogen) atoms. The van der Waals surface area contributed by atoms with Gasteiger partial charge in [0.2, 0.25) is 5.75 Å². The topological polar surface area (TPSA) is 67.9 Å². The molecule has 0 fully saturated rings. The van der Waals surface area contributed by atoms with Crippen molar-refractivity contribution in [3.63, 3.8) is 0 Å². The van der Waals surface area contributed by atoms with Gasteiger partial charge in [-0.25, -0.2) is 0 Å².